The summed E-state index contributed by atoms with van der Waals surface area (Å²) >= 11 is 0. The van der Waals surface area contributed by atoms with Crippen LogP contribution in [0.4, 0.5) is 0 Å². The van der Waals surface area contributed by atoms with Crippen molar-refractivity contribution in [3.63, 3.8) is 0 Å². The summed E-state index contributed by atoms with van der Waals surface area (Å²) < 4.78 is 2.19. The molecule has 0 atom stereocenters. The van der Waals surface area contributed by atoms with E-state index in [-0.39, 0.29) is 11.7 Å². The fraction of sp³-hybridized carbons (Fsp3) is 0.304. The zero-order valence-corrected chi connectivity index (χ0v) is 16.5. The molecule has 1 fully saturated rings. The lowest BCUT2D eigenvalue weighted by Crippen LogP contribution is -2.38. The number of benzene rings is 1. The van der Waals surface area contributed by atoms with E-state index in [0.29, 0.717) is 30.1 Å². The minimum atomic E-state index is 0.00656. The molecule has 2 aromatic heterocycles. The molecule has 0 spiro atoms. The third-order valence-electron chi connectivity index (χ3n) is 5.54. The van der Waals surface area contributed by atoms with E-state index in [2.05, 4.69) is 14.5 Å². The lowest BCUT2D eigenvalue weighted by Gasteiger charge is -2.32. The van der Waals surface area contributed by atoms with Crippen molar-refractivity contribution in [2.75, 3.05) is 13.1 Å². The number of hydrogen-bond acceptors (Lipinski definition) is 4. The van der Waals surface area contributed by atoms with Crippen LogP contribution in [0, 0.1) is 0 Å². The van der Waals surface area contributed by atoms with Gasteiger partial charge >= 0.3 is 0 Å². The molecule has 3 aromatic rings. The Kier molecular flexibility index (Phi) is 5.51. The minimum Gasteiger partial charge on any atom is -0.339 e. The van der Waals surface area contributed by atoms with Crippen molar-refractivity contribution in [2.24, 2.45) is 0 Å². The summed E-state index contributed by atoms with van der Waals surface area (Å²) in [5.41, 5.74) is 2.45. The first kappa shape index (κ1) is 19.1. The Bertz CT molecular complexity index is 987. The van der Waals surface area contributed by atoms with Crippen LogP contribution in [0.5, 0.6) is 0 Å². The van der Waals surface area contributed by atoms with Gasteiger partial charge in [0, 0.05) is 61.5 Å². The minimum absolute atomic E-state index is 0.00656. The molecule has 0 saturated carbocycles. The number of imidazole rings is 1. The highest BCUT2D eigenvalue weighted by atomic mass is 16.2. The van der Waals surface area contributed by atoms with Crippen LogP contribution < -0.4 is 0 Å². The van der Waals surface area contributed by atoms with Gasteiger partial charge in [0.15, 0.2) is 5.78 Å². The summed E-state index contributed by atoms with van der Waals surface area (Å²) in [6.07, 6.45) is 9.27. The van der Waals surface area contributed by atoms with Crippen molar-refractivity contribution in [1.82, 2.24) is 19.4 Å². The van der Waals surface area contributed by atoms with Crippen molar-refractivity contribution >= 4 is 11.7 Å². The van der Waals surface area contributed by atoms with Crippen LogP contribution in [0.25, 0.3) is 0 Å². The molecular weight excluding hydrogens is 364 g/mol. The molecule has 1 aliphatic rings. The quantitative estimate of drug-likeness (QED) is 0.627. The van der Waals surface area contributed by atoms with Crippen LogP contribution in [0.15, 0.2) is 61.2 Å². The smallest absolute Gasteiger partial charge is 0.253 e. The Morgan fingerprint density at radius 3 is 2.28 bits per heavy atom. The van der Waals surface area contributed by atoms with E-state index in [1.165, 1.54) is 12.5 Å². The molecule has 1 saturated heterocycles. The lowest BCUT2D eigenvalue weighted by atomic mass is 9.95. The lowest BCUT2D eigenvalue weighted by molar-refractivity contribution is 0.0710. The number of hydrogen-bond donors (Lipinski definition) is 0. The number of likely N-dealkylation sites (tertiary alicyclic amines) is 1. The molecule has 6 heteroatoms. The first-order chi connectivity index (χ1) is 14.1. The zero-order chi connectivity index (χ0) is 20.2. The molecule has 1 amide bonds. The van der Waals surface area contributed by atoms with Gasteiger partial charge in [0.25, 0.3) is 5.91 Å². The number of carbonyl (C=O) groups excluding carboxylic acids is 2. The highest BCUT2D eigenvalue weighted by Crippen LogP contribution is 2.28. The van der Waals surface area contributed by atoms with Gasteiger partial charge in [-0.1, -0.05) is 12.1 Å². The van der Waals surface area contributed by atoms with Gasteiger partial charge in [-0.3, -0.25) is 14.6 Å². The standard InChI is InChI=1S/C23H24N4O2/c1-17(28)19-2-4-21(5-3-19)23(29)26-13-8-20(9-14-26)22-25-12-15-27(22)16-18-6-10-24-11-7-18/h2-7,10-12,15,20H,8-9,13-14,16H2,1H3. The second kappa shape index (κ2) is 8.39. The molecule has 3 heterocycles. The highest BCUT2D eigenvalue weighted by Gasteiger charge is 2.27. The Balaban J connectivity index is 1.39. The Hall–Kier alpha value is -3.28. The van der Waals surface area contributed by atoms with Crippen LogP contribution in [0.2, 0.25) is 0 Å². The van der Waals surface area contributed by atoms with E-state index < -0.39 is 0 Å². The predicted octanol–water partition coefficient (Wildman–Crippen LogP) is 3.55. The van der Waals surface area contributed by atoms with Crippen LogP contribution in [0.3, 0.4) is 0 Å². The molecule has 0 radical (unpaired) electrons. The second-order valence-corrected chi connectivity index (χ2v) is 7.47. The van der Waals surface area contributed by atoms with Gasteiger partial charge in [-0.25, -0.2) is 4.98 Å². The summed E-state index contributed by atoms with van der Waals surface area (Å²) in [6, 6.07) is 11.0. The number of aromatic nitrogens is 3. The third-order valence-corrected chi connectivity index (χ3v) is 5.54. The van der Waals surface area contributed by atoms with Crippen molar-refractivity contribution in [1.29, 1.82) is 0 Å². The Morgan fingerprint density at radius 1 is 0.966 bits per heavy atom. The maximum absolute atomic E-state index is 12.8. The third kappa shape index (κ3) is 4.26. The van der Waals surface area contributed by atoms with Crippen molar-refractivity contribution in [2.45, 2.75) is 32.2 Å². The fourth-order valence-electron chi connectivity index (χ4n) is 3.87. The number of piperidine rings is 1. The SMILES string of the molecule is CC(=O)c1ccc(C(=O)N2CCC(c3nccn3Cc3ccncc3)CC2)cc1. The number of carbonyl (C=O) groups is 2. The summed E-state index contributed by atoms with van der Waals surface area (Å²) in [5, 5.41) is 0. The monoisotopic (exact) mass is 388 g/mol. The first-order valence-electron chi connectivity index (χ1n) is 9.92. The summed E-state index contributed by atoms with van der Waals surface area (Å²) in [5.74, 6) is 1.46. The Labute approximate surface area is 170 Å². The molecule has 0 bridgehead atoms. The van der Waals surface area contributed by atoms with E-state index in [0.717, 1.165) is 25.2 Å². The molecular formula is C23H24N4O2. The van der Waals surface area contributed by atoms with Gasteiger partial charge in [0.05, 0.1) is 0 Å². The van der Waals surface area contributed by atoms with E-state index in [9.17, 15) is 9.59 Å². The number of rotatable bonds is 5. The molecule has 0 unspecified atom stereocenters. The van der Waals surface area contributed by atoms with Gasteiger partial charge in [0.1, 0.15) is 5.82 Å². The summed E-state index contributed by atoms with van der Waals surface area (Å²) in [4.78, 5) is 34.8. The first-order valence-corrected chi connectivity index (χ1v) is 9.92. The van der Waals surface area contributed by atoms with Gasteiger partial charge < -0.3 is 9.47 Å². The number of nitrogens with zero attached hydrogens (tertiary/aromatic N) is 4. The van der Waals surface area contributed by atoms with Crippen LogP contribution in [0.1, 0.15) is 57.8 Å². The maximum Gasteiger partial charge on any atom is 0.253 e. The average molecular weight is 388 g/mol. The molecule has 148 valence electrons. The molecule has 6 nitrogen and oxygen atoms in total. The van der Waals surface area contributed by atoms with Gasteiger partial charge in [0.2, 0.25) is 0 Å². The normalized spacial score (nSPS) is 14.7. The van der Waals surface area contributed by atoms with Crippen LogP contribution in [-0.2, 0) is 6.54 Å². The van der Waals surface area contributed by atoms with E-state index in [1.807, 2.05) is 29.4 Å². The molecule has 1 aromatic carbocycles. The average Bonchev–Trinajstić information content (AvgIpc) is 3.22. The van der Waals surface area contributed by atoms with Crippen LogP contribution >= 0.6 is 0 Å². The Morgan fingerprint density at radius 2 is 1.62 bits per heavy atom. The summed E-state index contributed by atoms with van der Waals surface area (Å²) in [6.45, 7) is 3.72. The number of amides is 1. The number of pyridine rings is 1. The largest absolute Gasteiger partial charge is 0.339 e. The topological polar surface area (TPSA) is 68.1 Å². The van der Waals surface area contributed by atoms with Crippen LogP contribution in [-0.4, -0.2) is 44.2 Å². The summed E-state index contributed by atoms with van der Waals surface area (Å²) in [7, 11) is 0. The molecule has 1 aliphatic heterocycles. The second-order valence-electron chi connectivity index (χ2n) is 7.47. The van der Waals surface area contributed by atoms with E-state index in [1.54, 1.807) is 36.7 Å². The predicted molar refractivity (Wildman–Crippen MR) is 110 cm³/mol. The van der Waals surface area contributed by atoms with E-state index >= 15 is 0 Å². The van der Waals surface area contributed by atoms with Crippen molar-refractivity contribution in [3.05, 3.63) is 83.7 Å². The van der Waals surface area contributed by atoms with Gasteiger partial charge in [-0.2, -0.15) is 0 Å². The zero-order valence-electron chi connectivity index (χ0n) is 16.5. The maximum atomic E-state index is 12.8. The molecule has 0 N–H and O–H groups in total. The molecule has 29 heavy (non-hydrogen) atoms. The molecule has 0 aliphatic carbocycles. The van der Waals surface area contributed by atoms with Gasteiger partial charge in [-0.15, -0.1) is 0 Å². The highest BCUT2D eigenvalue weighted by molar-refractivity contribution is 5.97. The number of ketones is 1. The number of Topliss-reactive ketones (excluding diaryl/α,β-unsaturated/α-hetero) is 1. The van der Waals surface area contributed by atoms with Crippen molar-refractivity contribution in [3.8, 4) is 0 Å². The molecule has 4 rings (SSSR count). The van der Waals surface area contributed by atoms with Crippen molar-refractivity contribution < 1.29 is 9.59 Å². The fourth-order valence-corrected chi connectivity index (χ4v) is 3.87. The van der Waals surface area contributed by atoms with Gasteiger partial charge in [-0.05, 0) is 49.6 Å². The van der Waals surface area contributed by atoms with E-state index in [4.69, 9.17) is 0 Å².